The van der Waals surface area contributed by atoms with Gasteiger partial charge in [-0.3, -0.25) is 0 Å². The van der Waals surface area contributed by atoms with Crippen molar-refractivity contribution in [2.24, 2.45) is 0 Å². The molecule has 2 unspecified atom stereocenters. The van der Waals surface area contributed by atoms with Crippen molar-refractivity contribution in [1.29, 1.82) is 0 Å². The highest BCUT2D eigenvalue weighted by molar-refractivity contribution is 5.28. The minimum absolute atomic E-state index is 0.537. The van der Waals surface area contributed by atoms with E-state index in [-0.39, 0.29) is 0 Å². The molecule has 0 saturated carbocycles. The quantitative estimate of drug-likeness (QED) is 0.725. The van der Waals surface area contributed by atoms with Crippen LogP contribution in [-0.2, 0) is 12.8 Å². The molecule has 0 amide bonds. The second-order valence-electron chi connectivity index (χ2n) is 4.24. The van der Waals surface area contributed by atoms with Crippen molar-refractivity contribution >= 4 is 0 Å². The summed E-state index contributed by atoms with van der Waals surface area (Å²) in [6, 6.07) is 1.21. The van der Waals surface area contributed by atoms with E-state index >= 15 is 0 Å². The van der Waals surface area contributed by atoms with Gasteiger partial charge in [-0.1, -0.05) is 6.92 Å². The number of hydrogen-bond donors (Lipinski definition) is 1. The monoisotopic (exact) mass is 189 g/mol. The van der Waals surface area contributed by atoms with Gasteiger partial charge in [0.1, 0.15) is 5.82 Å². The van der Waals surface area contributed by atoms with Gasteiger partial charge in [-0.05, 0) is 12.8 Å². The van der Waals surface area contributed by atoms with Gasteiger partial charge in [0.15, 0.2) is 0 Å². The lowest BCUT2D eigenvalue weighted by Gasteiger charge is -2.23. The minimum atomic E-state index is 0.537. The van der Waals surface area contributed by atoms with Crippen LogP contribution >= 0.6 is 0 Å². The summed E-state index contributed by atoms with van der Waals surface area (Å²) in [7, 11) is 0. The number of hydrogen-bond acceptors (Lipinski definition) is 3. The molecule has 0 aliphatic carbocycles. The molecule has 3 heterocycles. The van der Waals surface area contributed by atoms with Crippen LogP contribution in [-0.4, -0.2) is 16.0 Å². The van der Waals surface area contributed by atoms with Crippen molar-refractivity contribution in [2.75, 3.05) is 0 Å². The molecule has 2 aliphatic rings. The van der Waals surface area contributed by atoms with Crippen LogP contribution < -0.4 is 5.32 Å². The molecule has 1 aromatic heterocycles. The highest BCUT2D eigenvalue weighted by atomic mass is 15.0. The van der Waals surface area contributed by atoms with Crippen LogP contribution in [0.2, 0.25) is 0 Å². The fourth-order valence-electron chi connectivity index (χ4n) is 2.55. The summed E-state index contributed by atoms with van der Waals surface area (Å²) in [5, 5.41) is 3.60. The number of rotatable bonds is 1. The Labute approximate surface area is 84.0 Å². The number of aryl methyl sites for hydroxylation is 1. The Hall–Kier alpha value is -0.960. The van der Waals surface area contributed by atoms with Crippen molar-refractivity contribution in [1.82, 2.24) is 15.3 Å². The van der Waals surface area contributed by atoms with Crippen LogP contribution in [0.15, 0.2) is 6.20 Å². The lowest BCUT2D eigenvalue weighted by Crippen LogP contribution is -2.32. The first kappa shape index (κ1) is 8.36. The average Bonchev–Trinajstić information content (AvgIpc) is 2.61. The van der Waals surface area contributed by atoms with Crippen LogP contribution in [0.3, 0.4) is 0 Å². The molecule has 14 heavy (non-hydrogen) atoms. The molecule has 1 fully saturated rings. The van der Waals surface area contributed by atoms with Gasteiger partial charge in [0.2, 0.25) is 0 Å². The van der Waals surface area contributed by atoms with Crippen LogP contribution in [0.1, 0.15) is 42.9 Å². The second kappa shape index (κ2) is 3.02. The molecule has 1 N–H and O–H groups in total. The zero-order valence-corrected chi connectivity index (χ0v) is 8.45. The first-order valence-electron chi connectivity index (χ1n) is 5.47. The Bertz CT molecular complexity index is 362. The standard InChI is InChI=1S/C11H15N3/c1-2-11-12-6-8-9-4-3-7(13-9)5-10(8)14-11/h6-7,9,13H,2-5H2,1H3. The van der Waals surface area contributed by atoms with Crippen molar-refractivity contribution in [2.45, 2.75) is 44.7 Å². The van der Waals surface area contributed by atoms with E-state index in [9.17, 15) is 0 Å². The maximum atomic E-state index is 4.62. The van der Waals surface area contributed by atoms with Crippen molar-refractivity contribution in [3.8, 4) is 0 Å². The average molecular weight is 189 g/mol. The predicted octanol–water partition coefficient (Wildman–Crippen LogP) is 1.39. The molecule has 1 saturated heterocycles. The first-order chi connectivity index (χ1) is 6.86. The number of fused-ring (bicyclic) bond motifs is 4. The second-order valence-corrected chi connectivity index (χ2v) is 4.24. The molecule has 0 aromatic carbocycles. The largest absolute Gasteiger partial charge is 0.307 e. The molecule has 1 aromatic rings. The maximum absolute atomic E-state index is 4.62. The molecule has 0 radical (unpaired) electrons. The Morgan fingerprint density at radius 3 is 3.29 bits per heavy atom. The Morgan fingerprint density at radius 2 is 2.43 bits per heavy atom. The van der Waals surface area contributed by atoms with Gasteiger partial charge in [-0.2, -0.15) is 0 Å². The highest BCUT2D eigenvalue weighted by Gasteiger charge is 2.33. The van der Waals surface area contributed by atoms with Gasteiger partial charge >= 0.3 is 0 Å². The molecule has 2 aliphatic heterocycles. The summed E-state index contributed by atoms with van der Waals surface area (Å²) in [4.78, 5) is 9.00. The Balaban J connectivity index is 2.05. The third-order valence-electron chi connectivity index (χ3n) is 3.32. The molecular formula is C11H15N3. The third-order valence-corrected chi connectivity index (χ3v) is 3.32. The fourth-order valence-corrected chi connectivity index (χ4v) is 2.55. The first-order valence-corrected chi connectivity index (χ1v) is 5.47. The number of nitrogens with zero attached hydrogens (tertiary/aromatic N) is 2. The van der Waals surface area contributed by atoms with E-state index in [0.29, 0.717) is 12.1 Å². The van der Waals surface area contributed by atoms with Gasteiger partial charge in [0.05, 0.1) is 5.69 Å². The third kappa shape index (κ3) is 1.16. The summed E-state index contributed by atoms with van der Waals surface area (Å²) in [5.41, 5.74) is 2.64. The normalized spacial score (nSPS) is 28.9. The maximum Gasteiger partial charge on any atom is 0.128 e. The number of aromatic nitrogens is 2. The van der Waals surface area contributed by atoms with E-state index in [4.69, 9.17) is 0 Å². The summed E-state index contributed by atoms with van der Waals surface area (Å²) in [5.74, 6) is 0.991. The summed E-state index contributed by atoms with van der Waals surface area (Å²) < 4.78 is 0. The summed E-state index contributed by atoms with van der Waals surface area (Å²) in [6.07, 6.45) is 6.62. The van der Waals surface area contributed by atoms with Crippen molar-refractivity contribution < 1.29 is 0 Å². The fraction of sp³-hybridized carbons (Fsp3) is 0.636. The molecule has 74 valence electrons. The van der Waals surface area contributed by atoms with Crippen LogP contribution in [0.25, 0.3) is 0 Å². The van der Waals surface area contributed by atoms with E-state index < -0.39 is 0 Å². The van der Waals surface area contributed by atoms with Gasteiger partial charge in [-0.15, -0.1) is 0 Å². The highest BCUT2D eigenvalue weighted by Crippen LogP contribution is 2.34. The van der Waals surface area contributed by atoms with E-state index in [1.165, 1.54) is 24.1 Å². The van der Waals surface area contributed by atoms with Gasteiger partial charge in [0.25, 0.3) is 0 Å². The Morgan fingerprint density at radius 1 is 1.50 bits per heavy atom. The van der Waals surface area contributed by atoms with Crippen molar-refractivity contribution in [3.63, 3.8) is 0 Å². The molecule has 3 rings (SSSR count). The molecule has 2 atom stereocenters. The number of nitrogens with one attached hydrogen (secondary N) is 1. The van der Waals surface area contributed by atoms with Crippen LogP contribution in [0.5, 0.6) is 0 Å². The SMILES string of the molecule is CCc1ncc2c(n1)CC1CCC2N1. The predicted molar refractivity (Wildman–Crippen MR) is 54.0 cm³/mol. The zero-order chi connectivity index (χ0) is 9.54. The van der Waals surface area contributed by atoms with Crippen molar-refractivity contribution in [3.05, 3.63) is 23.3 Å². The van der Waals surface area contributed by atoms with Crippen LogP contribution in [0.4, 0.5) is 0 Å². The van der Waals surface area contributed by atoms with E-state index in [1.807, 2.05) is 6.20 Å². The summed E-state index contributed by atoms with van der Waals surface area (Å²) in [6.45, 7) is 2.11. The molecule has 2 bridgehead atoms. The molecule has 3 nitrogen and oxygen atoms in total. The van der Waals surface area contributed by atoms with E-state index in [2.05, 4.69) is 22.2 Å². The lowest BCUT2D eigenvalue weighted by molar-refractivity contribution is 0.502. The van der Waals surface area contributed by atoms with E-state index in [0.717, 1.165) is 18.7 Å². The smallest absolute Gasteiger partial charge is 0.128 e. The van der Waals surface area contributed by atoms with E-state index in [1.54, 1.807) is 0 Å². The minimum Gasteiger partial charge on any atom is -0.307 e. The zero-order valence-electron chi connectivity index (χ0n) is 8.45. The Kier molecular flexibility index (Phi) is 1.80. The topological polar surface area (TPSA) is 37.8 Å². The summed E-state index contributed by atoms with van der Waals surface area (Å²) >= 11 is 0. The van der Waals surface area contributed by atoms with Gasteiger partial charge in [-0.25, -0.2) is 9.97 Å². The molecule has 3 heteroatoms. The van der Waals surface area contributed by atoms with Gasteiger partial charge < -0.3 is 5.32 Å². The molecular weight excluding hydrogens is 174 g/mol. The lowest BCUT2D eigenvalue weighted by atomic mass is 10.0. The van der Waals surface area contributed by atoms with Crippen LogP contribution in [0, 0.1) is 0 Å². The molecule has 0 spiro atoms. The van der Waals surface area contributed by atoms with Gasteiger partial charge in [0, 0.05) is 36.7 Å².